The normalized spacial score (nSPS) is 19.0. The fourth-order valence-corrected chi connectivity index (χ4v) is 9.04. The first-order valence-electron chi connectivity index (χ1n) is 23.6. The number of hydrogen-bond donors (Lipinski definition) is 1. The molecule has 1 atom stereocenters. The number of nitrogens with one attached hydrogen (secondary N) is 1. The highest BCUT2D eigenvalue weighted by molar-refractivity contribution is 6.03. The Morgan fingerprint density at radius 1 is 0.623 bits per heavy atom. The first-order chi connectivity index (χ1) is 33.8. The van der Waals surface area contributed by atoms with Crippen LogP contribution >= 0.6 is 0 Å². The van der Waals surface area contributed by atoms with Gasteiger partial charge in [0.15, 0.2) is 0 Å². The smallest absolute Gasteiger partial charge is 0.0968 e. The fraction of sp³-hybridized carbons (Fsp3) is 0.246. The Morgan fingerprint density at radius 2 is 1.13 bits per heavy atom. The molecule has 1 unspecified atom stereocenters. The summed E-state index contributed by atoms with van der Waals surface area (Å²) in [7, 11) is 6.05. The molecule has 348 valence electrons. The van der Waals surface area contributed by atoms with Gasteiger partial charge < -0.3 is 5.32 Å². The van der Waals surface area contributed by atoms with Crippen molar-refractivity contribution in [2.75, 3.05) is 47.3 Å². The van der Waals surface area contributed by atoms with Crippen LogP contribution in [0, 0.1) is 0 Å². The maximum absolute atomic E-state index is 5.32. The van der Waals surface area contributed by atoms with E-state index in [4.69, 9.17) is 24.9 Å². The summed E-state index contributed by atoms with van der Waals surface area (Å²) < 4.78 is 0. The molecule has 12 heteroatoms. The van der Waals surface area contributed by atoms with Gasteiger partial charge in [-0.25, -0.2) is 19.9 Å². The van der Waals surface area contributed by atoms with Crippen LogP contribution in [-0.2, 0) is 39.3 Å². The van der Waals surface area contributed by atoms with E-state index in [1.54, 1.807) is 6.08 Å². The van der Waals surface area contributed by atoms with Gasteiger partial charge in [0.2, 0.25) is 0 Å². The zero-order valence-corrected chi connectivity index (χ0v) is 39.9. The third-order valence-corrected chi connectivity index (χ3v) is 12.4. The summed E-state index contributed by atoms with van der Waals surface area (Å²) in [6, 6.07) is 32.2. The molecule has 10 bridgehead atoms. The van der Waals surface area contributed by atoms with Crippen LogP contribution in [0.25, 0.3) is 43.6 Å². The van der Waals surface area contributed by atoms with Crippen LogP contribution in [-0.4, -0.2) is 110 Å². The third kappa shape index (κ3) is 12.0. The van der Waals surface area contributed by atoms with Crippen LogP contribution in [0.5, 0.6) is 0 Å². The maximum Gasteiger partial charge on any atom is 0.0968 e. The first-order valence-corrected chi connectivity index (χ1v) is 23.6. The van der Waals surface area contributed by atoms with Crippen molar-refractivity contribution >= 4 is 56.0 Å². The van der Waals surface area contributed by atoms with E-state index in [0.29, 0.717) is 52.4 Å². The zero-order valence-electron chi connectivity index (χ0n) is 39.9. The lowest BCUT2D eigenvalue weighted by Gasteiger charge is -2.27. The van der Waals surface area contributed by atoms with Gasteiger partial charge in [-0.05, 0) is 81.6 Å². The number of fused-ring (bicyclic) bond motifs is 6. The quantitative estimate of drug-likeness (QED) is 0.0944. The van der Waals surface area contributed by atoms with Gasteiger partial charge >= 0.3 is 0 Å². The predicted molar refractivity (Wildman–Crippen MR) is 284 cm³/mol. The average Bonchev–Trinajstić information content (AvgIpc) is 3.36. The van der Waals surface area contributed by atoms with E-state index in [2.05, 4.69) is 178 Å². The molecular weight excluding hydrogens is 853 g/mol. The standard InChI is InChI=1S/C57H60N12/c1-6-7-13-45(58-2)35-68-36-46(59-3)14-9-11-31-66(4)32-50-26-22-41-18-20-43-25-29-53(65-56(43)54(41)62-50)40-69(37-47-15-8-10-30-60-47)38-49-17-12-16-48(61-49)33-67(5)34-51-27-23-42-19-21-44-24-28-52(39-68)64-57(44)55(42)63-51/h6-30,47,60H,1,3,31-40H2,2,4-5H3/b11-9-,13-7-,46-14-,58-45?. The lowest BCUT2D eigenvalue weighted by atomic mass is 10.1. The Hall–Kier alpha value is -7.35. The van der Waals surface area contributed by atoms with Crippen LogP contribution in [0.15, 0.2) is 174 Å². The van der Waals surface area contributed by atoms with Gasteiger partial charge in [-0.1, -0.05) is 97.6 Å². The topological polar surface area (TPSA) is 114 Å². The van der Waals surface area contributed by atoms with E-state index in [1.165, 1.54) is 0 Å². The molecule has 2 aromatic carbocycles. The van der Waals surface area contributed by atoms with E-state index in [1.807, 2.05) is 37.6 Å². The lowest BCUT2D eigenvalue weighted by Crippen LogP contribution is -2.38. The van der Waals surface area contributed by atoms with Crippen molar-refractivity contribution in [2.45, 2.75) is 45.3 Å². The fourth-order valence-electron chi connectivity index (χ4n) is 9.04. The number of dihydropyridines is 1. The Kier molecular flexibility index (Phi) is 15.0. The molecule has 0 aliphatic carbocycles. The number of allylic oxidation sites excluding steroid dienone is 6. The van der Waals surface area contributed by atoms with Crippen molar-refractivity contribution in [3.8, 4) is 0 Å². The molecule has 7 aromatic rings. The molecule has 2 aliphatic rings. The molecule has 0 saturated carbocycles. The number of likely N-dealkylation sites (N-methyl/N-ethyl adjacent to an activating group) is 1. The number of benzene rings is 2. The van der Waals surface area contributed by atoms with Crippen LogP contribution in [0.1, 0.15) is 34.2 Å². The van der Waals surface area contributed by atoms with Crippen molar-refractivity contribution in [1.82, 2.24) is 49.8 Å². The highest BCUT2D eigenvalue weighted by Gasteiger charge is 2.18. The molecule has 69 heavy (non-hydrogen) atoms. The van der Waals surface area contributed by atoms with Gasteiger partial charge in [-0.15, -0.1) is 0 Å². The molecular formula is C57H60N12. The van der Waals surface area contributed by atoms with Gasteiger partial charge in [0.05, 0.1) is 68.0 Å². The van der Waals surface area contributed by atoms with Crippen molar-refractivity contribution in [3.63, 3.8) is 0 Å². The van der Waals surface area contributed by atoms with Crippen molar-refractivity contribution < 1.29 is 0 Å². The predicted octanol–water partition coefficient (Wildman–Crippen LogP) is 9.15. The number of aliphatic imine (C=N–C) groups is 2. The van der Waals surface area contributed by atoms with Crippen LogP contribution in [0.3, 0.4) is 0 Å². The summed E-state index contributed by atoms with van der Waals surface area (Å²) in [6.45, 7) is 14.3. The molecule has 9 rings (SSSR count). The maximum atomic E-state index is 5.32. The van der Waals surface area contributed by atoms with Gasteiger partial charge in [0, 0.05) is 99.8 Å². The number of pyridine rings is 5. The highest BCUT2D eigenvalue weighted by atomic mass is 15.2. The van der Waals surface area contributed by atoms with E-state index in [0.717, 1.165) is 102 Å². The minimum atomic E-state index is 0.160. The molecule has 2 aliphatic heterocycles. The van der Waals surface area contributed by atoms with Gasteiger partial charge in [0.1, 0.15) is 0 Å². The van der Waals surface area contributed by atoms with Gasteiger partial charge in [0.25, 0.3) is 0 Å². The molecule has 1 N–H and O–H groups in total. The number of hydrogen-bond acceptors (Lipinski definition) is 12. The van der Waals surface area contributed by atoms with Crippen LogP contribution < -0.4 is 5.32 Å². The van der Waals surface area contributed by atoms with Crippen molar-refractivity contribution in [2.24, 2.45) is 9.98 Å². The average molecular weight is 913 g/mol. The monoisotopic (exact) mass is 913 g/mol. The van der Waals surface area contributed by atoms with Crippen molar-refractivity contribution in [1.29, 1.82) is 0 Å². The van der Waals surface area contributed by atoms with Crippen LogP contribution in [0.4, 0.5) is 0 Å². The van der Waals surface area contributed by atoms with E-state index >= 15 is 0 Å². The molecule has 0 saturated heterocycles. The summed E-state index contributed by atoms with van der Waals surface area (Å²) in [5.74, 6) is 0. The largest absolute Gasteiger partial charge is 0.383 e. The molecule has 0 amide bonds. The van der Waals surface area contributed by atoms with Gasteiger partial charge in [-0.3, -0.25) is 34.6 Å². The Bertz CT molecular complexity index is 3180. The second kappa shape index (κ2) is 22.2. The third-order valence-electron chi connectivity index (χ3n) is 12.4. The Labute approximate surface area is 405 Å². The molecule has 0 spiro atoms. The molecule has 12 nitrogen and oxygen atoms in total. The van der Waals surface area contributed by atoms with Gasteiger partial charge in [-0.2, -0.15) is 0 Å². The molecule has 5 aromatic heterocycles. The lowest BCUT2D eigenvalue weighted by molar-refractivity contribution is 0.237. The van der Waals surface area contributed by atoms with E-state index < -0.39 is 0 Å². The molecule has 7 heterocycles. The molecule has 0 radical (unpaired) electrons. The summed E-state index contributed by atoms with van der Waals surface area (Å²) in [6.07, 6.45) is 20.3. The SMILES string of the molecule is C=C/C=C\C(CN1C/C(N=C)=C/C=C\CN(C)Cc2ccc3ccc4ccc(nc4c3n2)CN(CC2C=CC=CN2)Cc2cccc(n2)CN(C)Cc2ccc3ccc4ccc(nc4c3n2)C1)=NC. The van der Waals surface area contributed by atoms with E-state index in [-0.39, 0.29) is 6.04 Å². The van der Waals surface area contributed by atoms with Crippen LogP contribution in [0.2, 0.25) is 0 Å². The van der Waals surface area contributed by atoms with E-state index in [9.17, 15) is 0 Å². The summed E-state index contributed by atoms with van der Waals surface area (Å²) in [5, 5.41) is 7.76. The summed E-state index contributed by atoms with van der Waals surface area (Å²) in [5.41, 5.74) is 11.3. The zero-order chi connectivity index (χ0) is 47.5. The Morgan fingerprint density at radius 3 is 1.65 bits per heavy atom. The minimum Gasteiger partial charge on any atom is -0.383 e. The number of aromatic nitrogens is 5. The second-order valence-corrected chi connectivity index (χ2v) is 18.0. The first kappa shape index (κ1) is 46.7. The Balaban J connectivity index is 1.07. The second-order valence-electron chi connectivity index (χ2n) is 18.0. The molecule has 0 fully saturated rings. The summed E-state index contributed by atoms with van der Waals surface area (Å²) in [4.78, 5) is 44.6. The minimum absolute atomic E-state index is 0.160. The number of rotatable bonds is 7. The number of nitrogens with zero attached hydrogens (tertiary/aromatic N) is 11. The highest BCUT2D eigenvalue weighted by Crippen LogP contribution is 2.26. The summed E-state index contributed by atoms with van der Waals surface area (Å²) >= 11 is 0. The van der Waals surface area contributed by atoms with Crippen molar-refractivity contribution in [3.05, 3.63) is 198 Å².